The SMILES string of the molecule is COc1ccc2[nH]c(C)c3c2c1CNCC3. The first-order chi connectivity index (χ1) is 7.81. The lowest BCUT2D eigenvalue weighted by Gasteiger charge is -2.08. The fourth-order valence-corrected chi connectivity index (χ4v) is 2.65. The van der Waals surface area contributed by atoms with Crippen LogP contribution < -0.4 is 10.1 Å². The molecule has 2 aromatic rings. The third-order valence-electron chi connectivity index (χ3n) is 3.42. The molecule has 0 unspecified atom stereocenters. The minimum Gasteiger partial charge on any atom is -0.496 e. The lowest BCUT2D eigenvalue weighted by Crippen LogP contribution is -2.14. The Morgan fingerprint density at radius 2 is 2.12 bits per heavy atom. The molecule has 3 rings (SSSR count). The molecule has 3 heteroatoms. The van der Waals surface area contributed by atoms with E-state index in [1.54, 1.807) is 7.11 Å². The number of aromatic nitrogens is 1. The van der Waals surface area contributed by atoms with Crippen LogP contribution in [-0.4, -0.2) is 18.6 Å². The van der Waals surface area contributed by atoms with Gasteiger partial charge in [0, 0.05) is 28.7 Å². The highest BCUT2D eigenvalue weighted by atomic mass is 16.5. The van der Waals surface area contributed by atoms with Crippen molar-refractivity contribution < 1.29 is 4.74 Å². The largest absolute Gasteiger partial charge is 0.496 e. The molecule has 16 heavy (non-hydrogen) atoms. The highest BCUT2D eigenvalue weighted by Gasteiger charge is 2.18. The van der Waals surface area contributed by atoms with Gasteiger partial charge in [-0.2, -0.15) is 0 Å². The van der Waals surface area contributed by atoms with Crippen LogP contribution in [0.5, 0.6) is 5.75 Å². The number of H-pyrrole nitrogens is 1. The van der Waals surface area contributed by atoms with Crippen molar-refractivity contribution >= 4 is 10.9 Å². The van der Waals surface area contributed by atoms with Gasteiger partial charge in [0.15, 0.2) is 0 Å². The number of aryl methyl sites for hydroxylation is 1. The molecule has 2 heterocycles. The van der Waals surface area contributed by atoms with Gasteiger partial charge in [0.25, 0.3) is 0 Å². The molecule has 0 bridgehead atoms. The summed E-state index contributed by atoms with van der Waals surface area (Å²) < 4.78 is 5.44. The maximum atomic E-state index is 5.44. The van der Waals surface area contributed by atoms with Gasteiger partial charge in [-0.05, 0) is 37.6 Å². The van der Waals surface area contributed by atoms with E-state index in [-0.39, 0.29) is 0 Å². The highest BCUT2D eigenvalue weighted by Crippen LogP contribution is 2.33. The minimum atomic E-state index is 0.894. The zero-order valence-electron chi connectivity index (χ0n) is 9.68. The van der Waals surface area contributed by atoms with Crippen molar-refractivity contribution in [2.45, 2.75) is 19.9 Å². The summed E-state index contributed by atoms with van der Waals surface area (Å²) in [6.45, 7) is 4.08. The second kappa shape index (κ2) is 3.52. The van der Waals surface area contributed by atoms with Crippen LogP contribution in [0.25, 0.3) is 10.9 Å². The van der Waals surface area contributed by atoms with Gasteiger partial charge in [-0.1, -0.05) is 0 Å². The van der Waals surface area contributed by atoms with Crippen LogP contribution in [0.15, 0.2) is 12.1 Å². The monoisotopic (exact) mass is 216 g/mol. The number of rotatable bonds is 1. The quantitative estimate of drug-likeness (QED) is 0.766. The van der Waals surface area contributed by atoms with E-state index in [1.165, 1.54) is 27.7 Å². The standard InChI is InChI=1S/C13H16N2O/c1-8-9-5-6-14-7-10-12(16-2)4-3-11(15-8)13(9)10/h3-4,14-15H,5-7H2,1-2H3. The first kappa shape index (κ1) is 9.73. The van der Waals surface area contributed by atoms with E-state index in [4.69, 9.17) is 4.74 Å². The Bertz CT molecular complexity index is 542. The number of methoxy groups -OCH3 is 1. The molecule has 84 valence electrons. The molecule has 0 atom stereocenters. The molecule has 1 aliphatic rings. The van der Waals surface area contributed by atoms with Gasteiger partial charge < -0.3 is 15.0 Å². The topological polar surface area (TPSA) is 37.0 Å². The Balaban J connectivity index is 2.39. The van der Waals surface area contributed by atoms with Crippen molar-refractivity contribution in [2.24, 2.45) is 0 Å². The third kappa shape index (κ3) is 1.25. The summed E-state index contributed by atoms with van der Waals surface area (Å²) in [6, 6.07) is 4.16. The average Bonchev–Trinajstić information content (AvgIpc) is 2.50. The van der Waals surface area contributed by atoms with Gasteiger partial charge in [-0.3, -0.25) is 0 Å². The molecule has 3 nitrogen and oxygen atoms in total. The summed E-state index contributed by atoms with van der Waals surface area (Å²) in [4.78, 5) is 3.45. The molecule has 0 saturated carbocycles. The van der Waals surface area contributed by atoms with E-state index >= 15 is 0 Å². The molecular formula is C13H16N2O. The van der Waals surface area contributed by atoms with E-state index in [0.717, 1.165) is 25.3 Å². The molecule has 1 aromatic heterocycles. The molecule has 0 fully saturated rings. The van der Waals surface area contributed by atoms with Crippen LogP contribution in [0.3, 0.4) is 0 Å². The second-order valence-electron chi connectivity index (χ2n) is 4.32. The Hall–Kier alpha value is -1.48. The number of benzene rings is 1. The fraction of sp³-hybridized carbons (Fsp3) is 0.385. The Labute approximate surface area is 94.8 Å². The van der Waals surface area contributed by atoms with Gasteiger partial charge in [0.1, 0.15) is 5.75 Å². The predicted molar refractivity (Wildman–Crippen MR) is 65.0 cm³/mol. The molecule has 0 amide bonds. The zero-order chi connectivity index (χ0) is 11.1. The number of ether oxygens (including phenoxy) is 1. The van der Waals surface area contributed by atoms with E-state index in [0.29, 0.717) is 0 Å². The first-order valence-corrected chi connectivity index (χ1v) is 5.69. The lowest BCUT2D eigenvalue weighted by molar-refractivity contribution is 0.409. The Morgan fingerprint density at radius 3 is 2.94 bits per heavy atom. The van der Waals surface area contributed by atoms with Gasteiger partial charge >= 0.3 is 0 Å². The van der Waals surface area contributed by atoms with E-state index in [2.05, 4.69) is 23.3 Å². The van der Waals surface area contributed by atoms with Gasteiger partial charge in [0.05, 0.1) is 7.11 Å². The normalized spacial score (nSPS) is 15.1. The first-order valence-electron chi connectivity index (χ1n) is 5.69. The van der Waals surface area contributed by atoms with Crippen molar-refractivity contribution in [3.63, 3.8) is 0 Å². The number of aromatic amines is 1. The maximum absolute atomic E-state index is 5.44. The van der Waals surface area contributed by atoms with Gasteiger partial charge in [-0.15, -0.1) is 0 Å². The molecule has 0 radical (unpaired) electrons. The van der Waals surface area contributed by atoms with Crippen molar-refractivity contribution in [3.8, 4) is 5.75 Å². The molecular weight excluding hydrogens is 200 g/mol. The maximum Gasteiger partial charge on any atom is 0.124 e. The van der Waals surface area contributed by atoms with E-state index < -0.39 is 0 Å². The molecule has 1 aromatic carbocycles. The Kier molecular flexibility index (Phi) is 2.14. The fourth-order valence-electron chi connectivity index (χ4n) is 2.65. The number of hydrogen-bond acceptors (Lipinski definition) is 2. The summed E-state index contributed by atoms with van der Waals surface area (Å²) in [5, 5.41) is 4.81. The number of hydrogen-bond donors (Lipinski definition) is 2. The minimum absolute atomic E-state index is 0.894. The summed E-state index contributed by atoms with van der Waals surface area (Å²) in [5.74, 6) is 0.988. The van der Waals surface area contributed by atoms with Crippen molar-refractivity contribution in [3.05, 3.63) is 29.0 Å². The molecule has 0 spiro atoms. The van der Waals surface area contributed by atoms with Gasteiger partial charge in [0.2, 0.25) is 0 Å². The molecule has 2 N–H and O–H groups in total. The summed E-state index contributed by atoms with van der Waals surface area (Å²) in [7, 11) is 1.74. The number of nitrogens with one attached hydrogen (secondary N) is 2. The summed E-state index contributed by atoms with van der Waals surface area (Å²) in [5.41, 5.74) is 5.24. The second-order valence-corrected chi connectivity index (χ2v) is 4.32. The van der Waals surface area contributed by atoms with Crippen LogP contribution in [0.1, 0.15) is 16.8 Å². The smallest absolute Gasteiger partial charge is 0.124 e. The van der Waals surface area contributed by atoms with E-state index in [9.17, 15) is 0 Å². The van der Waals surface area contributed by atoms with Crippen molar-refractivity contribution in [2.75, 3.05) is 13.7 Å². The van der Waals surface area contributed by atoms with Crippen LogP contribution in [0.4, 0.5) is 0 Å². The van der Waals surface area contributed by atoms with Crippen LogP contribution in [0, 0.1) is 6.92 Å². The van der Waals surface area contributed by atoms with Crippen molar-refractivity contribution in [1.29, 1.82) is 0 Å². The van der Waals surface area contributed by atoms with Crippen molar-refractivity contribution in [1.82, 2.24) is 10.3 Å². The predicted octanol–water partition coefficient (Wildman–Crippen LogP) is 2.13. The third-order valence-corrected chi connectivity index (χ3v) is 3.42. The average molecular weight is 216 g/mol. The Morgan fingerprint density at radius 1 is 1.25 bits per heavy atom. The van der Waals surface area contributed by atoms with Crippen LogP contribution in [-0.2, 0) is 13.0 Å². The molecule has 0 saturated heterocycles. The molecule has 1 aliphatic heterocycles. The zero-order valence-corrected chi connectivity index (χ0v) is 9.68. The summed E-state index contributed by atoms with van der Waals surface area (Å²) in [6.07, 6.45) is 1.09. The molecule has 0 aliphatic carbocycles. The van der Waals surface area contributed by atoms with E-state index in [1.807, 2.05) is 6.07 Å². The highest BCUT2D eigenvalue weighted by molar-refractivity contribution is 5.90. The summed E-state index contributed by atoms with van der Waals surface area (Å²) >= 11 is 0. The van der Waals surface area contributed by atoms with Crippen LogP contribution in [0.2, 0.25) is 0 Å². The lowest BCUT2D eigenvalue weighted by atomic mass is 10.0. The van der Waals surface area contributed by atoms with Gasteiger partial charge in [-0.25, -0.2) is 0 Å². The van der Waals surface area contributed by atoms with Crippen LogP contribution >= 0.6 is 0 Å².